The molecule has 0 aliphatic carbocycles. The zero-order chi connectivity index (χ0) is 15.7. The van der Waals surface area contributed by atoms with Gasteiger partial charge in [-0.3, -0.25) is 4.79 Å². The predicted molar refractivity (Wildman–Crippen MR) is 87.0 cm³/mol. The van der Waals surface area contributed by atoms with Gasteiger partial charge in [-0.05, 0) is 24.6 Å². The molecule has 0 saturated heterocycles. The lowest BCUT2D eigenvalue weighted by molar-refractivity contribution is -0.119. The van der Waals surface area contributed by atoms with Gasteiger partial charge in [0.15, 0.2) is 0 Å². The third kappa shape index (κ3) is 5.91. The highest BCUT2D eigenvalue weighted by atomic mass is 35.5. The Morgan fingerprint density at radius 1 is 1.43 bits per heavy atom. The van der Waals surface area contributed by atoms with Gasteiger partial charge in [-0.2, -0.15) is 0 Å². The number of carbonyl (C=O) groups excluding carboxylic acids is 1. The summed E-state index contributed by atoms with van der Waals surface area (Å²) in [6.07, 6.45) is 0. The van der Waals surface area contributed by atoms with E-state index in [1.54, 1.807) is 14.2 Å². The summed E-state index contributed by atoms with van der Waals surface area (Å²) in [5.41, 5.74) is 1.99. The highest BCUT2D eigenvalue weighted by Gasteiger charge is 2.12. The molecule has 118 valence electrons. The Bertz CT molecular complexity index is 455. The Morgan fingerprint density at radius 2 is 2.19 bits per heavy atom. The summed E-state index contributed by atoms with van der Waals surface area (Å²) in [6, 6.07) is 5.92. The van der Waals surface area contributed by atoms with Crippen LogP contribution >= 0.6 is 11.6 Å². The normalized spacial score (nSPS) is 10.5. The molecule has 0 aliphatic heterocycles. The van der Waals surface area contributed by atoms with Gasteiger partial charge in [0, 0.05) is 33.8 Å². The van der Waals surface area contributed by atoms with Crippen LogP contribution < -0.4 is 15.5 Å². The van der Waals surface area contributed by atoms with Crippen molar-refractivity contribution in [2.24, 2.45) is 0 Å². The number of benzene rings is 1. The van der Waals surface area contributed by atoms with Gasteiger partial charge < -0.3 is 20.3 Å². The SMILES string of the molecule is CCN(CC(=O)NC)c1ccc(CNCCOC)cc1Cl. The highest BCUT2D eigenvalue weighted by molar-refractivity contribution is 6.33. The average molecular weight is 314 g/mol. The fraction of sp³-hybridized carbons (Fsp3) is 0.533. The standard InChI is InChI=1S/C15H24ClN3O2/c1-4-19(11-15(20)17-2)14-6-5-12(9-13(14)16)10-18-7-8-21-3/h5-6,9,18H,4,7-8,10-11H2,1-3H3,(H,17,20). The number of anilines is 1. The predicted octanol–water partition coefficient (Wildman–Crippen LogP) is 1.65. The van der Waals surface area contributed by atoms with Gasteiger partial charge in [0.2, 0.25) is 5.91 Å². The van der Waals surface area contributed by atoms with E-state index in [-0.39, 0.29) is 5.91 Å². The zero-order valence-corrected chi connectivity index (χ0v) is 13.7. The molecule has 1 rings (SSSR count). The number of ether oxygens (including phenoxy) is 1. The Labute approximate surface area is 131 Å². The number of nitrogens with zero attached hydrogens (tertiary/aromatic N) is 1. The summed E-state index contributed by atoms with van der Waals surface area (Å²) in [4.78, 5) is 13.5. The molecular weight excluding hydrogens is 290 g/mol. The minimum Gasteiger partial charge on any atom is -0.383 e. The number of halogens is 1. The second kappa shape index (κ2) is 9.60. The van der Waals surface area contributed by atoms with E-state index in [1.807, 2.05) is 30.0 Å². The van der Waals surface area contributed by atoms with Gasteiger partial charge >= 0.3 is 0 Å². The molecule has 0 aliphatic rings. The molecule has 1 amide bonds. The van der Waals surface area contributed by atoms with Crippen molar-refractivity contribution in [2.45, 2.75) is 13.5 Å². The molecule has 6 heteroatoms. The van der Waals surface area contributed by atoms with Gasteiger partial charge in [0.25, 0.3) is 0 Å². The van der Waals surface area contributed by atoms with E-state index >= 15 is 0 Å². The number of hydrogen-bond donors (Lipinski definition) is 2. The molecule has 0 aromatic heterocycles. The number of rotatable bonds is 9. The van der Waals surface area contributed by atoms with Crippen molar-refractivity contribution in [3.8, 4) is 0 Å². The van der Waals surface area contributed by atoms with Crippen LogP contribution in [0.1, 0.15) is 12.5 Å². The molecular formula is C15H24ClN3O2. The van der Waals surface area contributed by atoms with Crippen molar-refractivity contribution < 1.29 is 9.53 Å². The van der Waals surface area contributed by atoms with Crippen LogP contribution in [0.4, 0.5) is 5.69 Å². The van der Waals surface area contributed by atoms with Gasteiger partial charge in [-0.15, -0.1) is 0 Å². The quantitative estimate of drug-likeness (QED) is 0.681. The molecule has 5 nitrogen and oxygen atoms in total. The van der Waals surface area contributed by atoms with Gasteiger partial charge in [0.1, 0.15) is 0 Å². The minimum atomic E-state index is -0.0294. The van der Waals surface area contributed by atoms with Gasteiger partial charge in [0.05, 0.1) is 23.9 Å². The highest BCUT2D eigenvalue weighted by Crippen LogP contribution is 2.26. The van der Waals surface area contributed by atoms with Crippen molar-refractivity contribution in [2.75, 3.05) is 45.3 Å². The minimum absolute atomic E-state index is 0.0294. The van der Waals surface area contributed by atoms with Crippen molar-refractivity contribution in [1.82, 2.24) is 10.6 Å². The molecule has 0 fully saturated rings. The lowest BCUT2D eigenvalue weighted by atomic mass is 10.2. The van der Waals surface area contributed by atoms with Gasteiger partial charge in [-0.25, -0.2) is 0 Å². The molecule has 1 aromatic carbocycles. The number of likely N-dealkylation sites (N-methyl/N-ethyl adjacent to an activating group) is 2. The average Bonchev–Trinajstić information content (AvgIpc) is 2.49. The van der Waals surface area contributed by atoms with E-state index in [0.29, 0.717) is 18.2 Å². The molecule has 1 aromatic rings. The van der Waals surface area contributed by atoms with Crippen LogP contribution in [-0.2, 0) is 16.1 Å². The fourth-order valence-electron chi connectivity index (χ4n) is 1.94. The Kier molecular flexibility index (Phi) is 8.12. The molecule has 0 saturated carbocycles. The number of nitrogens with one attached hydrogen (secondary N) is 2. The van der Waals surface area contributed by atoms with E-state index < -0.39 is 0 Å². The first-order valence-corrected chi connectivity index (χ1v) is 7.43. The lowest BCUT2D eigenvalue weighted by Gasteiger charge is -2.23. The van der Waals surface area contributed by atoms with E-state index in [2.05, 4.69) is 10.6 Å². The van der Waals surface area contributed by atoms with Crippen LogP contribution in [0.25, 0.3) is 0 Å². The molecule has 2 N–H and O–H groups in total. The maximum Gasteiger partial charge on any atom is 0.239 e. The van der Waals surface area contributed by atoms with E-state index in [0.717, 1.165) is 30.9 Å². The maximum absolute atomic E-state index is 11.5. The first kappa shape index (κ1) is 17.8. The fourth-order valence-corrected chi connectivity index (χ4v) is 2.27. The summed E-state index contributed by atoms with van der Waals surface area (Å²) in [5.74, 6) is -0.0294. The van der Waals surface area contributed by atoms with Crippen LogP contribution in [0, 0.1) is 0 Å². The van der Waals surface area contributed by atoms with Crippen LogP contribution in [0.2, 0.25) is 5.02 Å². The second-order valence-corrected chi connectivity index (χ2v) is 5.05. The number of carbonyl (C=O) groups is 1. The molecule has 0 radical (unpaired) electrons. The van der Waals surface area contributed by atoms with Crippen molar-refractivity contribution in [1.29, 1.82) is 0 Å². The topological polar surface area (TPSA) is 53.6 Å². The lowest BCUT2D eigenvalue weighted by Crippen LogP contribution is -2.35. The number of amides is 1. The van der Waals surface area contributed by atoms with Crippen LogP contribution in [0.5, 0.6) is 0 Å². The Balaban J connectivity index is 2.69. The summed E-state index contributed by atoms with van der Waals surface area (Å²) >= 11 is 6.34. The molecule has 0 spiro atoms. The number of hydrogen-bond acceptors (Lipinski definition) is 4. The van der Waals surface area contributed by atoms with Crippen molar-refractivity contribution in [3.63, 3.8) is 0 Å². The van der Waals surface area contributed by atoms with E-state index in [9.17, 15) is 4.79 Å². The molecule has 21 heavy (non-hydrogen) atoms. The molecule has 0 heterocycles. The van der Waals surface area contributed by atoms with Crippen LogP contribution in [0.15, 0.2) is 18.2 Å². The first-order chi connectivity index (χ1) is 10.1. The zero-order valence-electron chi connectivity index (χ0n) is 12.9. The third-order valence-electron chi connectivity index (χ3n) is 3.16. The third-order valence-corrected chi connectivity index (χ3v) is 3.46. The molecule has 0 atom stereocenters. The summed E-state index contributed by atoms with van der Waals surface area (Å²) in [6.45, 7) is 5.25. The smallest absolute Gasteiger partial charge is 0.239 e. The summed E-state index contributed by atoms with van der Waals surface area (Å²) in [7, 11) is 3.31. The Morgan fingerprint density at radius 3 is 2.76 bits per heavy atom. The van der Waals surface area contributed by atoms with E-state index in [1.165, 1.54) is 0 Å². The Hall–Kier alpha value is -1.30. The van der Waals surface area contributed by atoms with Crippen molar-refractivity contribution in [3.05, 3.63) is 28.8 Å². The van der Waals surface area contributed by atoms with Gasteiger partial charge in [-0.1, -0.05) is 17.7 Å². The maximum atomic E-state index is 11.5. The largest absolute Gasteiger partial charge is 0.383 e. The molecule has 0 unspecified atom stereocenters. The first-order valence-electron chi connectivity index (χ1n) is 7.06. The summed E-state index contributed by atoms with van der Waals surface area (Å²) < 4.78 is 4.98. The van der Waals surface area contributed by atoms with Crippen LogP contribution in [-0.4, -0.2) is 46.3 Å². The monoisotopic (exact) mass is 313 g/mol. The number of methoxy groups -OCH3 is 1. The second-order valence-electron chi connectivity index (χ2n) is 4.64. The van der Waals surface area contributed by atoms with Crippen molar-refractivity contribution >= 4 is 23.2 Å². The summed E-state index contributed by atoms with van der Waals surface area (Å²) in [5, 5.41) is 6.56. The van der Waals surface area contributed by atoms with Crippen LogP contribution in [0.3, 0.4) is 0 Å². The molecule has 0 bridgehead atoms. The van der Waals surface area contributed by atoms with E-state index in [4.69, 9.17) is 16.3 Å².